The third-order valence-corrected chi connectivity index (χ3v) is 4.85. The highest BCUT2D eigenvalue weighted by Crippen LogP contribution is 2.31. The van der Waals surface area contributed by atoms with Crippen molar-refractivity contribution in [3.05, 3.63) is 47.4 Å². The Morgan fingerprint density at radius 2 is 2.04 bits per heavy atom. The first kappa shape index (κ1) is 18.4. The maximum Gasteiger partial charge on any atom is 0.322 e. The first-order valence-electron chi connectivity index (χ1n) is 8.42. The summed E-state index contributed by atoms with van der Waals surface area (Å²) in [4.78, 5) is 22.0. The third kappa shape index (κ3) is 4.23. The second-order valence-corrected chi connectivity index (χ2v) is 6.63. The van der Waals surface area contributed by atoms with Crippen molar-refractivity contribution in [1.29, 1.82) is 0 Å². The van der Waals surface area contributed by atoms with Crippen molar-refractivity contribution in [2.24, 2.45) is 5.92 Å². The van der Waals surface area contributed by atoms with E-state index in [2.05, 4.69) is 15.3 Å². The third-order valence-electron chi connectivity index (χ3n) is 4.60. The molecule has 1 atom stereocenters. The minimum atomic E-state index is -0.555. The van der Waals surface area contributed by atoms with Crippen molar-refractivity contribution >= 4 is 23.3 Å². The summed E-state index contributed by atoms with van der Waals surface area (Å²) in [7, 11) is 1.49. The van der Waals surface area contributed by atoms with E-state index in [1.165, 1.54) is 19.6 Å². The van der Waals surface area contributed by atoms with Gasteiger partial charge in [0, 0.05) is 18.1 Å². The van der Waals surface area contributed by atoms with Crippen LogP contribution in [-0.4, -0.2) is 46.2 Å². The molecule has 0 saturated carbocycles. The van der Waals surface area contributed by atoms with Crippen molar-refractivity contribution in [2.75, 3.05) is 25.5 Å². The highest BCUT2D eigenvalue weighted by molar-refractivity contribution is 6.30. The maximum atomic E-state index is 12.4. The summed E-state index contributed by atoms with van der Waals surface area (Å²) in [6, 6.07) is 7.01. The zero-order chi connectivity index (χ0) is 18.5. The smallest absolute Gasteiger partial charge is 0.322 e. The number of carbonyl (C=O) groups is 1. The molecule has 1 aromatic carbocycles. The number of benzene rings is 1. The number of anilines is 1. The van der Waals surface area contributed by atoms with Gasteiger partial charge in [-0.3, -0.25) is 0 Å². The molecule has 7 nitrogen and oxygen atoms in total. The van der Waals surface area contributed by atoms with Crippen molar-refractivity contribution < 1.29 is 14.6 Å². The van der Waals surface area contributed by atoms with Gasteiger partial charge in [-0.25, -0.2) is 9.78 Å². The van der Waals surface area contributed by atoms with E-state index in [-0.39, 0.29) is 11.9 Å². The number of ether oxygens (including phenoxy) is 1. The van der Waals surface area contributed by atoms with Crippen LogP contribution in [0.4, 0.5) is 10.5 Å². The SMILES string of the molecule is COc1ncncc1NC(=O)N1CCC(C(O)c2ccc(Cl)cc2)CC1. The average molecular weight is 377 g/mol. The molecule has 26 heavy (non-hydrogen) atoms. The minimum Gasteiger partial charge on any atom is -0.479 e. The highest BCUT2D eigenvalue weighted by atomic mass is 35.5. The molecule has 138 valence electrons. The number of aliphatic hydroxyl groups excluding tert-OH is 1. The van der Waals surface area contributed by atoms with E-state index in [9.17, 15) is 9.90 Å². The number of methoxy groups -OCH3 is 1. The predicted octanol–water partition coefficient (Wildman–Crippen LogP) is 3.12. The Balaban J connectivity index is 1.56. The molecule has 1 fully saturated rings. The Kier molecular flexibility index (Phi) is 5.90. The summed E-state index contributed by atoms with van der Waals surface area (Å²) in [5.41, 5.74) is 1.28. The van der Waals surface area contributed by atoms with Crippen LogP contribution >= 0.6 is 11.6 Å². The van der Waals surface area contributed by atoms with Gasteiger partial charge in [0.25, 0.3) is 0 Å². The van der Waals surface area contributed by atoms with Crippen LogP contribution in [0.15, 0.2) is 36.8 Å². The predicted molar refractivity (Wildman–Crippen MR) is 98.3 cm³/mol. The normalized spacial score (nSPS) is 16.2. The molecule has 1 saturated heterocycles. The second-order valence-electron chi connectivity index (χ2n) is 6.20. The van der Waals surface area contributed by atoms with Crippen molar-refractivity contribution in [3.8, 4) is 5.88 Å². The quantitative estimate of drug-likeness (QED) is 0.856. The number of aromatic nitrogens is 2. The molecule has 0 bridgehead atoms. The van der Waals surface area contributed by atoms with Crippen LogP contribution in [0.25, 0.3) is 0 Å². The molecule has 3 rings (SSSR count). The number of nitrogens with zero attached hydrogens (tertiary/aromatic N) is 3. The Labute approximate surface area is 157 Å². The van der Waals surface area contributed by atoms with Gasteiger partial charge in [0.1, 0.15) is 12.0 Å². The number of likely N-dealkylation sites (tertiary alicyclic amines) is 1. The Morgan fingerprint density at radius 1 is 1.35 bits per heavy atom. The number of carbonyl (C=O) groups excluding carboxylic acids is 1. The summed E-state index contributed by atoms with van der Waals surface area (Å²) >= 11 is 5.89. The van der Waals surface area contributed by atoms with Gasteiger partial charge in [-0.05, 0) is 36.5 Å². The number of halogens is 1. The molecule has 1 aliphatic heterocycles. The summed E-state index contributed by atoms with van der Waals surface area (Å²) in [5, 5.41) is 14.0. The van der Waals surface area contributed by atoms with Gasteiger partial charge in [0.05, 0.1) is 19.4 Å². The average Bonchev–Trinajstić information content (AvgIpc) is 2.68. The molecule has 2 N–H and O–H groups in total. The summed E-state index contributed by atoms with van der Waals surface area (Å²) < 4.78 is 5.11. The van der Waals surface area contributed by atoms with Crippen LogP contribution in [0.3, 0.4) is 0 Å². The lowest BCUT2D eigenvalue weighted by Gasteiger charge is -2.34. The van der Waals surface area contributed by atoms with E-state index in [0.717, 1.165) is 18.4 Å². The first-order valence-corrected chi connectivity index (χ1v) is 8.79. The fourth-order valence-corrected chi connectivity index (χ4v) is 3.24. The summed E-state index contributed by atoms with van der Waals surface area (Å²) in [5.74, 6) is 0.427. The van der Waals surface area contributed by atoms with Crippen LogP contribution in [0.2, 0.25) is 5.02 Å². The monoisotopic (exact) mass is 376 g/mol. The van der Waals surface area contributed by atoms with Crippen LogP contribution in [0, 0.1) is 5.92 Å². The number of amides is 2. The minimum absolute atomic E-state index is 0.106. The van der Waals surface area contributed by atoms with Crippen LogP contribution in [0.1, 0.15) is 24.5 Å². The molecular formula is C18H21ClN4O3. The van der Waals surface area contributed by atoms with Crippen LogP contribution < -0.4 is 10.1 Å². The van der Waals surface area contributed by atoms with Crippen molar-refractivity contribution in [1.82, 2.24) is 14.9 Å². The van der Waals surface area contributed by atoms with E-state index < -0.39 is 6.10 Å². The Bertz CT molecular complexity index is 748. The number of piperidine rings is 1. The fourth-order valence-electron chi connectivity index (χ4n) is 3.11. The molecule has 2 aromatic rings. The topological polar surface area (TPSA) is 87.6 Å². The molecule has 0 radical (unpaired) electrons. The molecule has 0 spiro atoms. The number of hydrogen-bond donors (Lipinski definition) is 2. The van der Waals surface area contributed by atoms with E-state index in [1.807, 2.05) is 12.1 Å². The first-order chi connectivity index (χ1) is 12.6. The van der Waals surface area contributed by atoms with E-state index >= 15 is 0 Å². The molecule has 2 amide bonds. The highest BCUT2D eigenvalue weighted by Gasteiger charge is 2.28. The lowest BCUT2D eigenvalue weighted by molar-refractivity contribution is 0.0683. The van der Waals surface area contributed by atoms with Crippen molar-refractivity contribution in [2.45, 2.75) is 18.9 Å². The number of nitrogens with one attached hydrogen (secondary N) is 1. The van der Waals surface area contributed by atoms with Gasteiger partial charge in [-0.15, -0.1) is 0 Å². The number of hydrogen-bond acceptors (Lipinski definition) is 5. The molecule has 0 aliphatic carbocycles. The largest absolute Gasteiger partial charge is 0.479 e. The van der Waals surface area contributed by atoms with Gasteiger partial charge in [0.15, 0.2) is 0 Å². The summed E-state index contributed by atoms with van der Waals surface area (Å²) in [6.07, 6.45) is 3.75. The van der Waals surface area contributed by atoms with Gasteiger partial charge in [-0.2, -0.15) is 4.98 Å². The van der Waals surface area contributed by atoms with Gasteiger partial charge >= 0.3 is 6.03 Å². The van der Waals surface area contributed by atoms with E-state index in [0.29, 0.717) is 29.7 Å². The van der Waals surface area contributed by atoms with Crippen LogP contribution in [0.5, 0.6) is 5.88 Å². The Hall–Kier alpha value is -2.38. The Morgan fingerprint density at radius 3 is 2.69 bits per heavy atom. The number of rotatable bonds is 4. The molecular weight excluding hydrogens is 356 g/mol. The van der Waals surface area contributed by atoms with Gasteiger partial charge < -0.3 is 20.1 Å². The summed E-state index contributed by atoms with van der Waals surface area (Å²) in [6.45, 7) is 1.13. The number of aliphatic hydroxyl groups is 1. The molecule has 1 aliphatic rings. The standard InChI is InChI=1S/C18H21ClN4O3/c1-26-17-15(10-20-11-21-17)22-18(25)23-8-6-13(7-9-23)16(24)12-2-4-14(19)5-3-12/h2-5,10-11,13,16,24H,6-9H2,1H3,(H,22,25). The second kappa shape index (κ2) is 8.33. The van der Waals surface area contributed by atoms with E-state index in [1.54, 1.807) is 17.0 Å². The number of urea groups is 1. The molecule has 2 heterocycles. The zero-order valence-electron chi connectivity index (χ0n) is 14.4. The lowest BCUT2D eigenvalue weighted by Crippen LogP contribution is -2.42. The molecule has 8 heteroatoms. The van der Waals surface area contributed by atoms with Crippen LogP contribution in [-0.2, 0) is 0 Å². The van der Waals surface area contributed by atoms with E-state index in [4.69, 9.17) is 16.3 Å². The zero-order valence-corrected chi connectivity index (χ0v) is 15.2. The van der Waals surface area contributed by atoms with Gasteiger partial charge in [-0.1, -0.05) is 23.7 Å². The maximum absolute atomic E-state index is 12.4. The molecule has 1 unspecified atom stereocenters. The van der Waals surface area contributed by atoms with Gasteiger partial charge in [0.2, 0.25) is 5.88 Å². The molecule has 1 aromatic heterocycles. The fraction of sp³-hybridized carbons (Fsp3) is 0.389. The van der Waals surface area contributed by atoms with Crippen molar-refractivity contribution in [3.63, 3.8) is 0 Å². The lowest BCUT2D eigenvalue weighted by atomic mass is 9.87.